The minimum absolute atomic E-state index is 0.101. The molecule has 1 aliphatic carbocycles. The van der Waals surface area contributed by atoms with Crippen LogP contribution >= 0.6 is 0 Å². The molecular formula is C22H20O4. The van der Waals surface area contributed by atoms with E-state index in [1.807, 2.05) is 6.92 Å². The lowest BCUT2D eigenvalue weighted by Gasteiger charge is -2.09. The standard InChI is InChI=1S/C22H20O4/c1-3-15-20(23)18-10-14(22(24)25)8-9-19(18)26-21(15)17-11-16(17)13-6-4-12(2)5-7-13/h4-10,16-17H,3,11H2,1-2H3,(H,24,25). The van der Waals surface area contributed by atoms with Crippen LogP contribution in [0.1, 0.15) is 58.0 Å². The molecule has 0 amide bonds. The summed E-state index contributed by atoms with van der Waals surface area (Å²) in [5.41, 5.74) is 3.62. The van der Waals surface area contributed by atoms with Gasteiger partial charge >= 0.3 is 5.97 Å². The third-order valence-corrected chi connectivity index (χ3v) is 5.25. The molecule has 1 saturated carbocycles. The first-order valence-electron chi connectivity index (χ1n) is 8.89. The summed E-state index contributed by atoms with van der Waals surface area (Å²) in [6.07, 6.45) is 1.54. The third-order valence-electron chi connectivity index (χ3n) is 5.25. The molecular weight excluding hydrogens is 328 g/mol. The Kier molecular flexibility index (Phi) is 3.91. The minimum Gasteiger partial charge on any atom is -0.478 e. The molecule has 2 unspecified atom stereocenters. The second-order valence-corrected chi connectivity index (χ2v) is 7.00. The first-order chi connectivity index (χ1) is 12.5. The molecule has 1 fully saturated rings. The third kappa shape index (κ3) is 2.71. The number of hydrogen-bond donors (Lipinski definition) is 1. The van der Waals surface area contributed by atoms with Gasteiger partial charge in [-0.25, -0.2) is 4.79 Å². The summed E-state index contributed by atoms with van der Waals surface area (Å²) in [4.78, 5) is 24.1. The lowest BCUT2D eigenvalue weighted by Crippen LogP contribution is -2.12. The molecule has 4 rings (SSSR count). The molecule has 1 heterocycles. The van der Waals surface area contributed by atoms with E-state index in [2.05, 4.69) is 31.2 Å². The average Bonchev–Trinajstić information content (AvgIpc) is 3.42. The van der Waals surface area contributed by atoms with Gasteiger partial charge < -0.3 is 9.52 Å². The van der Waals surface area contributed by atoms with E-state index < -0.39 is 5.97 Å². The molecule has 0 radical (unpaired) electrons. The number of benzene rings is 2. The molecule has 26 heavy (non-hydrogen) atoms. The van der Waals surface area contributed by atoms with E-state index in [0.29, 0.717) is 28.9 Å². The first kappa shape index (κ1) is 16.6. The fourth-order valence-corrected chi connectivity index (χ4v) is 3.69. The Morgan fingerprint density at radius 2 is 1.88 bits per heavy atom. The van der Waals surface area contributed by atoms with Crippen LogP contribution in [0.3, 0.4) is 0 Å². The summed E-state index contributed by atoms with van der Waals surface area (Å²) in [6, 6.07) is 13.0. The van der Waals surface area contributed by atoms with Gasteiger partial charge in [0.2, 0.25) is 0 Å². The maximum absolute atomic E-state index is 12.9. The molecule has 1 aliphatic rings. The zero-order valence-electron chi connectivity index (χ0n) is 14.8. The maximum atomic E-state index is 12.9. The van der Waals surface area contributed by atoms with Gasteiger partial charge in [0, 0.05) is 11.5 Å². The molecule has 3 aromatic rings. The number of carbonyl (C=O) groups is 1. The van der Waals surface area contributed by atoms with E-state index in [1.54, 1.807) is 6.07 Å². The monoisotopic (exact) mass is 348 g/mol. The summed E-state index contributed by atoms with van der Waals surface area (Å²) in [5, 5.41) is 9.51. The fourth-order valence-electron chi connectivity index (χ4n) is 3.69. The van der Waals surface area contributed by atoms with Crippen molar-refractivity contribution in [1.82, 2.24) is 0 Å². The van der Waals surface area contributed by atoms with Crippen molar-refractivity contribution in [2.24, 2.45) is 0 Å². The maximum Gasteiger partial charge on any atom is 0.335 e. The summed E-state index contributed by atoms with van der Waals surface area (Å²) in [6.45, 7) is 4.00. The predicted molar refractivity (Wildman–Crippen MR) is 100 cm³/mol. The van der Waals surface area contributed by atoms with Crippen molar-refractivity contribution >= 4 is 16.9 Å². The highest BCUT2D eigenvalue weighted by Gasteiger charge is 2.43. The zero-order chi connectivity index (χ0) is 18.4. The Labute approximate surface area is 151 Å². The first-order valence-corrected chi connectivity index (χ1v) is 8.89. The van der Waals surface area contributed by atoms with Gasteiger partial charge in [0.1, 0.15) is 11.3 Å². The largest absolute Gasteiger partial charge is 0.478 e. The molecule has 2 aromatic carbocycles. The smallest absolute Gasteiger partial charge is 0.335 e. The van der Waals surface area contributed by atoms with Gasteiger partial charge in [0.15, 0.2) is 5.43 Å². The van der Waals surface area contributed by atoms with Crippen LogP contribution in [0.4, 0.5) is 0 Å². The molecule has 4 heteroatoms. The Hall–Kier alpha value is -2.88. The summed E-state index contributed by atoms with van der Waals surface area (Å²) in [7, 11) is 0. The highest BCUT2D eigenvalue weighted by molar-refractivity contribution is 5.92. The van der Waals surface area contributed by atoms with Gasteiger partial charge in [0.05, 0.1) is 10.9 Å². The lowest BCUT2D eigenvalue weighted by atomic mass is 10.0. The number of aromatic carboxylic acids is 1. The molecule has 4 nitrogen and oxygen atoms in total. The number of carboxylic acid groups (broad SMARTS) is 1. The minimum atomic E-state index is -1.05. The topological polar surface area (TPSA) is 67.5 Å². The van der Waals surface area contributed by atoms with Crippen molar-refractivity contribution in [3.8, 4) is 0 Å². The van der Waals surface area contributed by atoms with Crippen molar-refractivity contribution in [2.45, 2.75) is 38.5 Å². The number of hydrogen-bond acceptors (Lipinski definition) is 3. The fraction of sp³-hybridized carbons (Fsp3) is 0.273. The van der Waals surface area contributed by atoms with Gasteiger partial charge in [-0.1, -0.05) is 36.8 Å². The second-order valence-electron chi connectivity index (χ2n) is 7.00. The molecule has 0 saturated heterocycles. The molecule has 132 valence electrons. The van der Waals surface area contributed by atoms with Gasteiger partial charge in [-0.3, -0.25) is 4.79 Å². The number of aryl methyl sites for hydroxylation is 1. The normalized spacial score (nSPS) is 18.8. The van der Waals surface area contributed by atoms with E-state index in [-0.39, 0.29) is 16.9 Å². The summed E-state index contributed by atoms with van der Waals surface area (Å²) < 4.78 is 6.11. The van der Waals surface area contributed by atoms with Gasteiger partial charge in [-0.2, -0.15) is 0 Å². The van der Waals surface area contributed by atoms with Gasteiger partial charge in [-0.05, 0) is 49.4 Å². The highest BCUT2D eigenvalue weighted by atomic mass is 16.4. The van der Waals surface area contributed by atoms with Crippen LogP contribution < -0.4 is 5.43 Å². The van der Waals surface area contributed by atoms with Gasteiger partial charge in [-0.15, -0.1) is 0 Å². The SMILES string of the molecule is CCc1c(C2CC2c2ccc(C)cc2)oc2ccc(C(=O)O)cc2c1=O. The van der Waals surface area contributed by atoms with Crippen LogP contribution in [-0.4, -0.2) is 11.1 Å². The predicted octanol–water partition coefficient (Wildman–Crippen LogP) is 4.63. The Bertz CT molecular complexity index is 1060. The van der Waals surface area contributed by atoms with Crippen LogP contribution in [0.2, 0.25) is 0 Å². The molecule has 0 aliphatic heterocycles. The Morgan fingerprint density at radius 3 is 2.54 bits per heavy atom. The van der Waals surface area contributed by atoms with E-state index in [1.165, 1.54) is 23.3 Å². The van der Waals surface area contributed by atoms with Crippen LogP contribution in [0.5, 0.6) is 0 Å². The number of rotatable bonds is 4. The van der Waals surface area contributed by atoms with E-state index in [0.717, 1.165) is 12.2 Å². The van der Waals surface area contributed by atoms with E-state index in [4.69, 9.17) is 9.52 Å². The molecule has 1 aromatic heterocycles. The van der Waals surface area contributed by atoms with Crippen molar-refractivity contribution in [3.05, 3.63) is 80.7 Å². The van der Waals surface area contributed by atoms with Crippen LogP contribution in [0.15, 0.2) is 51.7 Å². The number of carboxylic acids is 1. The van der Waals surface area contributed by atoms with E-state index in [9.17, 15) is 9.59 Å². The average molecular weight is 348 g/mol. The lowest BCUT2D eigenvalue weighted by molar-refractivity contribution is 0.0697. The van der Waals surface area contributed by atoms with Crippen LogP contribution in [-0.2, 0) is 6.42 Å². The van der Waals surface area contributed by atoms with Crippen molar-refractivity contribution in [1.29, 1.82) is 0 Å². The molecule has 1 N–H and O–H groups in total. The van der Waals surface area contributed by atoms with Crippen molar-refractivity contribution < 1.29 is 14.3 Å². The highest BCUT2D eigenvalue weighted by Crippen LogP contribution is 2.55. The van der Waals surface area contributed by atoms with Crippen molar-refractivity contribution in [2.75, 3.05) is 0 Å². The van der Waals surface area contributed by atoms with Crippen LogP contribution in [0, 0.1) is 6.92 Å². The Balaban J connectivity index is 1.78. The van der Waals surface area contributed by atoms with Crippen molar-refractivity contribution in [3.63, 3.8) is 0 Å². The van der Waals surface area contributed by atoms with Crippen LogP contribution in [0.25, 0.3) is 11.0 Å². The number of fused-ring (bicyclic) bond motifs is 1. The zero-order valence-corrected chi connectivity index (χ0v) is 14.8. The Morgan fingerprint density at radius 1 is 1.15 bits per heavy atom. The molecule has 0 bridgehead atoms. The van der Waals surface area contributed by atoms with Gasteiger partial charge in [0.25, 0.3) is 0 Å². The molecule has 2 atom stereocenters. The molecule has 0 spiro atoms. The summed E-state index contributed by atoms with van der Waals surface area (Å²) >= 11 is 0. The quantitative estimate of drug-likeness (QED) is 0.746. The summed E-state index contributed by atoms with van der Waals surface area (Å²) in [5.74, 6) is 0.303. The van der Waals surface area contributed by atoms with E-state index >= 15 is 0 Å². The second kappa shape index (κ2) is 6.13.